The van der Waals surface area contributed by atoms with Crippen molar-refractivity contribution in [2.75, 3.05) is 32.8 Å². The van der Waals surface area contributed by atoms with Gasteiger partial charge in [0.15, 0.2) is 0 Å². The fraction of sp³-hybridized carbons (Fsp3) is 0.552. The van der Waals surface area contributed by atoms with Crippen LogP contribution in [0.1, 0.15) is 66.1 Å². The molecule has 1 aromatic heterocycles. The molecule has 0 atom stereocenters. The lowest BCUT2D eigenvalue weighted by molar-refractivity contribution is 0.0368. The monoisotopic (exact) mass is 457 g/mol. The zero-order chi connectivity index (χ0) is 25.6. The Hall–Kier alpha value is -2.17. The van der Waals surface area contributed by atoms with Crippen LogP contribution in [0.3, 0.4) is 0 Å². The van der Waals surface area contributed by atoms with Crippen LogP contribution < -0.4 is 0 Å². The highest BCUT2D eigenvalue weighted by Crippen LogP contribution is 2.19. The standard InChI is InChI=1S/C16H23N3O.C7H10.3C2H6/c1-13-4-5-15-14(2)17-19(16(15)12-13)7-3-6-18-8-10-20-11-9-18;1-4-6-7(3)5-2;3*1-2/h4-5,12H,3,6-11H2,1-2H3;4-6H,1-2H2,3H3;3*1-2H3/b;7-6-;;;. The van der Waals surface area contributed by atoms with Crippen molar-refractivity contribution in [3.63, 3.8) is 0 Å². The van der Waals surface area contributed by atoms with Crippen LogP contribution in [0.4, 0.5) is 0 Å². The molecular weight excluding hydrogens is 406 g/mol. The topological polar surface area (TPSA) is 30.3 Å². The number of allylic oxidation sites excluding steroid dienone is 4. The van der Waals surface area contributed by atoms with E-state index >= 15 is 0 Å². The molecule has 3 rings (SSSR count). The molecule has 2 heterocycles. The van der Waals surface area contributed by atoms with Gasteiger partial charge in [-0.2, -0.15) is 5.10 Å². The van der Waals surface area contributed by atoms with Crippen LogP contribution in [0, 0.1) is 13.8 Å². The molecule has 33 heavy (non-hydrogen) atoms. The first-order valence-corrected chi connectivity index (χ1v) is 12.7. The number of nitrogens with zero attached hydrogens (tertiary/aromatic N) is 3. The van der Waals surface area contributed by atoms with Crippen molar-refractivity contribution in [1.29, 1.82) is 0 Å². The summed E-state index contributed by atoms with van der Waals surface area (Å²) in [6.45, 7) is 31.3. The molecule has 188 valence electrons. The van der Waals surface area contributed by atoms with E-state index in [1.807, 2.05) is 54.5 Å². The van der Waals surface area contributed by atoms with Crippen LogP contribution in [0.5, 0.6) is 0 Å². The van der Waals surface area contributed by atoms with Gasteiger partial charge in [-0.25, -0.2) is 0 Å². The minimum atomic E-state index is 0.878. The Kier molecular flexibility index (Phi) is 21.7. The number of ether oxygens (including phenoxy) is 1. The third kappa shape index (κ3) is 13.2. The highest BCUT2D eigenvalue weighted by molar-refractivity contribution is 5.82. The smallest absolute Gasteiger partial charge is 0.0687 e. The van der Waals surface area contributed by atoms with Gasteiger partial charge in [-0.05, 0) is 38.8 Å². The number of aryl methyl sites for hydroxylation is 3. The van der Waals surface area contributed by atoms with E-state index in [2.05, 4.69) is 59.9 Å². The minimum Gasteiger partial charge on any atom is -0.379 e. The maximum atomic E-state index is 5.38. The average molecular weight is 458 g/mol. The predicted molar refractivity (Wildman–Crippen MR) is 149 cm³/mol. The molecule has 0 N–H and O–H groups in total. The van der Waals surface area contributed by atoms with E-state index in [-0.39, 0.29) is 0 Å². The molecule has 0 radical (unpaired) electrons. The van der Waals surface area contributed by atoms with Gasteiger partial charge in [0, 0.05) is 31.6 Å². The summed E-state index contributed by atoms with van der Waals surface area (Å²) in [5, 5.41) is 5.97. The lowest BCUT2D eigenvalue weighted by atomic mass is 10.1. The summed E-state index contributed by atoms with van der Waals surface area (Å²) in [7, 11) is 0. The fourth-order valence-electron chi connectivity index (χ4n) is 3.14. The number of hydrogen-bond acceptors (Lipinski definition) is 3. The number of benzene rings is 1. The Morgan fingerprint density at radius 1 is 1.00 bits per heavy atom. The van der Waals surface area contributed by atoms with E-state index in [1.165, 1.54) is 16.5 Å². The van der Waals surface area contributed by atoms with Crippen molar-refractivity contribution >= 4 is 10.9 Å². The second kappa shape index (κ2) is 21.7. The first-order chi connectivity index (χ1) is 16.0. The van der Waals surface area contributed by atoms with Crippen LogP contribution in [0.15, 0.2) is 55.2 Å². The number of aromatic nitrogens is 2. The molecule has 1 saturated heterocycles. The summed E-state index contributed by atoms with van der Waals surface area (Å²) < 4.78 is 7.54. The highest BCUT2D eigenvalue weighted by Gasteiger charge is 2.11. The molecule has 0 unspecified atom stereocenters. The summed E-state index contributed by atoms with van der Waals surface area (Å²) in [6, 6.07) is 6.59. The molecule has 2 aromatic rings. The lowest BCUT2D eigenvalue weighted by Crippen LogP contribution is -2.37. The Bertz CT molecular complexity index is 784. The molecule has 4 nitrogen and oxygen atoms in total. The van der Waals surface area contributed by atoms with Crippen LogP contribution in [0.2, 0.25) is 0 Å². The van der Waals surface area contributed by atoms with Crippen LogP contribution in [-0.2, 0) is 11.3 Å². The Labute approximate surface area is 205 Å². The average Bonchev–Trinajstić information content (AvgIpc) is 3.18. The first kappa shape index (κ1) is 33.0. The van der Waals surface area contributed by atoms with Gasteiger partial charge in [0.25, 0.3) is 0 Å². The van der Waals surface area contributed by atoms with Crippen molar-refractivity contribution in [2.24, 2.45) is 0 Å². The van der Waals surface area contributed by atoms with E-state index in [4.69, 9.17) is 4.74 Å². The molecule has 1 aliphatic rings. The number of fused-ring (bicyclic) bond motifs is 1. The normalized spacial score (nSPS) is 13.1. The fourth-order valence-corrected chi connectivity index (χ4v) is 3.14. The van der Waals surface area contributed by atoms with E-state index in [1.54, 1.807) is 12.2 Å². The van der Waals surface area contributed by atoms with Crippen molar-refractivity contribution < 1.29 is 4.74 Å². The van der Waals surface area contributed by atoms with Gasteiger partial charge in [-0.15, -0.1) is 0 Å². The van der Waals surface area contributed by atoms with E-state index in [0.717, 1.165) is 57.1 Å². The quantitative estimate of drug-likeness (QED) is 0.415. The van der Waals surface area contributed by atoms with Gasteiger partial charge in [-0.1, -0.05) is 90.6 Å². The Morgan fingerprint density at radius 2 is 1.61 bits per heavy atom. The maximum Gasteiger partial charge on any atom is 0.0687 e. The van der Waals surface area contributed by atoms with Crippen molar-refractivity contribution in [2.45, 2.75) is 75.3 Å². The molecule has 0 bridgehead atoms. The van der Waals surface area contributed by atoms with E-state index in [0.29, 0.717) is 0 Å². The van der Waals surface area contributed by atoms with Gasteiger partial charge in [0.1, 0.15) is 0 Å². The Balaban J connectivity index is 0. The summed E-state index contributed by atoms with van der Waals surface area (Å²) in [5.74, 6) is 0. The SMILES string of the molecule is C=C/C=C(/C)C=C.CC.CC.CC.Cc1ccc2c(C)nn(CCCN3CCOCC3)c2c1. The summed E-state index contributed by atoms with van der Waals surface area (Å²) in [4.78, 5) is 2.48. The zero-order valence-electron chi connectivity index (χ0n) is 23.1. The van der Waals surface area contributed by atoms with Crippen molar-refractivity contribution in [3.8, 4) is 0 Å². The molecular formula is C29H51N3O. The number of morpholine rings is 1. The minimum absolute atomic E-state index is 0.878. The zero-order valence-corrected chi connectivity index (χ0v) is 23.1. The first-order valence-electron chi connectivity index (χ1n) is 12.7. The van der Waals surface area contributed by atoms with Gasteiger partial charge in [-0.3, -0.25) is 9.58 Å². The molecule has 0 saturated carbocycles. The number of hydrogen-bond donors (Lipinski definition) is 0. The third-order valence-electron chi connectivity index (χ3n) is 4.74. The second-order valence-electron chi connectivity index (χ2n) is 6.99. The van der Waals surface area contributed by atoms with Crippen molar-refractivity contribution in [1.82, 2.24) is 14.7 Å². The molecule has 0 aliphatic carbocycles. The molecule has 0 spiro atoms. The van der Waals surface area contributed by atoms with Gasteiger partial charge in [0.2, 0.25) is 0 Å². The van der Waals surface area contributed by atoms with Crippen LogP contribution in [-0.4, -0.2) is 47.5 Å². The lowest BCUT2D eigenvalue weighted by Gasteiger charge is -2.26. The maximum absolute atomic E-state index is 5.38. The van der Waals surface area contributed by atoms with Crippen molar-refractivity contribution in [3.05, 3.63) is 66.4 Å². The molecule has 4 heteroatoms. The Morgan fingerprint density at radius 3 is 2.12 bits per heavy atom. The molecule has 1 aromatic carbocycles. The molecule has 0 amide bonds. The summed E-state index contributed by atoms with van der Waals surface area (Å²) >= 11 is 0. The molecule has 1 fully saturated rings. The number of rotatable bonds is 6. The highest BCUT2D eigenvalue weighted by atomic mass is 16.5. The largest absolute Gasteiger partial charge is 0.379 e. The summed E-state index contributed by atoms with van der Waals surface area (Å²) in [5.41, 5.74) is 4.85. The van der Waals surface area contributed by atoms with E-state index < -0.39 is 0 Å². The predicted octanol–water partition coefficient (Wildman–Crippen LogP) is 7.76. The van der Waals surface area contributed by atoms with E-state index in [9.17, 15) is 0 Å². The van der Waals surface area contributed by atoms with Crippen LogP contribution >= 0.6 is 0 Å². The van der Waals surface area contributed by atoms with Gasteiger partial charge >= 0.3 is 0 Å². The molecule has 1 aliphatic heterocycles. The van der Waals surface area contributed by atoms with Crippen LogP contribution in [0.25, 0.3) is 10.9 Å². The van der Waals surface area contributed by atoms with Gasteiger partial charge < -0.3 is 4.74 Å². The summed E-state index contributed by atoms with van der Waals surface area (Å²) in [6.07, 6.45) is 6.59. The van der Waals surface area contributed by atoms with Gasteiger partial charge in [0.05, 0.1) is 24.4 Å². The third-order valence-corrected chi connectivity index (χ3v) is 4.74. The second-order valence-corrected chi connectivity index (χ2v) is 6.99.